The van der Waals surface area contributed by atoms with Gasteiger partial charge in [0.1, 0.15) is 12.1 Å². The minimum absolute atomic E-state index is 0.279. The lowest BCUT2D eigenvalue weighted by Crippen LogP contribution is -2.07. The summed E-state index contributed by atoms with van der Waals surface area (Å²) in [4.78, 5) is 8.17. The quantitative estimate of drug-likeness (QED) is 0.740. The predicted molar refractivity (Wildman–Crippen MR) is 70.2 cm³/mol. The number of aromatic nitrogens is 2. The van der Waals surface area contributed by atoms with Crippen LogP contribution in [0.2, 0.25) is 0 Å². The molecule has 0 aliphatic rings. The highest BCUT2D eigenvalue weighted by Gasteiger charge is 2.13. The number of nitrogens with zero attached hydrogens (tertiary/aromatic N) is 2. The Morgan fingerprint density at radius 3 is 2.65 bits per heavy atom. The van der Waals surface area contributed by atoms with Crippen molar-refractivity contribution < 1.29 is 4.74 Å². The van der Waals surface area contributed by atoms with Gasteiger partial charge in [0.05, 0.1) is 12.2 Å². The topological polar surface area (TPSA) is 61.0 Å². The number of rotatable bonds is 7. The third kappa shape index (κ3) is 4.21. The monoisotopic (exact) mass is 237 g/mol. The van der Waals surface area contributed by atoms with E-state index in [9.17, 15) is 0 Å². The Labute approximate surface area is 104 Å². The second kappa shape index (κ2) is 7.09. The summed E-state index contributed by atoms with van der Waals surface area (Å²) in [6.45, 7) is 7.04. The highest BCUT2D eigenvalue weighted by atomic mass is 16.5. The van der Waals surface area contributed by atoms with E-state index in [1.165, 1.54) is 25.6 Å². The molecule has 1 heterocycles. The average molecular weight is 237 g/mol. The van der Waals surface area contributed by atoms with Crippen molar-refractivity contribution in [2.45, 2.75) is 52.4 Å². The Bertz CT molecular complexity index is 339. The van der Waals surface area contributed by atoms with Crippen LogP contribution in [-0.2, 0) is 0 Å². The van der Waals surface area contributed by atoms with Crippen LogP contribution in [0, 0.1) is 0 Å². The van der Waals surface area contributed by atoms with Crippen molar-refractivity contribution in [2.75, 3.05) is 12.3 Å². The van der Waals surface area contributed by atoms with E-state index in [0.29, 0.717) is 18.3 Å². The molecule has 0 unspecified atom stereocenters. The fourth-order valence-electron chi connectivity index (χ4n) is 1.75. The van der Waals surface area contributed by atoms with Gasteiger partial charge in [0.2, 0.25) is 5.88 Å². The van der Waals surface area contributed by atoms with Crippen molar-refractivity contribution >= 4 is 5.82 Å². The molecule has 0 amide bonds. The van der Waals surface area contributed by atoms with Gasteiger partial charge in [0, 0.05) is 0 Å². The van der Waals surface area contributed by atoms with Crippen LogP contribution >= 0.6 is 0 Å². The molecule has 4 heteroatoms. The molecule has 0 radical (unpaired) electrons. The first-order valence-corrected chi connectivity index (χ1v) is 6.40. The average Bonchev–Trinajstić information content (AvgIpc) is 2.28. The number of anilines is 1. The molecule has 0 saturated carbocycles. The van der Waals surface area contributed by atoms with Gasteiger partial charge in [-0.3, -0.25) is 0 Å². The maximum Gasteiger partial charge on any atom is 0.222 e. The standard InChI is InChI=1S/C13H23N3O/c1-4-5-6-7-8-17-13-11(10(2)3)12(14)15-9-16-13/h9-10H,4-8H2,1-3H3,(H2,14,15,16). The summed E-state index contributed by atoms with van der Waals surface area (Å²) in [6, 6.07) is 0. The van der Waals surface area contributed by atoms with Gasteiger partial charge in [0.15, 0.2) is 0 Å². The van der Waals surface area contributed by atoms with Crippen LogP contribution in [0.15, 0.2) is 6.33 Å². The molecule has 17 heavy (non-hydrogen) atoms. The summed E-state index contributed by atoms with van der Waals surface area (Å²) >= 11 is 0. The number of nitrogen functional groups attached to an aromatic ring is 1. The predicted octanol–water partition coefficient (Wildman–Crippen LogP) is 3.14. The summed E-state index contributed by atoms with van der Waals surface area (Å²) in [5.74, 6) is 1.45. The molecule has 96 valence electrons. The van der Waals surface area contributed by atoms with Crippen molar-refractivity contribution in [2.24, 2.45) is 0 Å². The highest BCUT2D eigenvalue weighted by Crippen LogP contribution is 2.27. The summed E-state index contributed by atoms with van der Waals surface area (Å²) in [7, 11) is 0. The van der Waals surface area contributed by atoms with Gasteiger partial charge in [-0.25, -0.2) is 9.97 Å². The number of nitrogens with two attached hydrogens (primary N) is 1. The normalized spacial score (nSPS) is 10.8. The summed E-state index contributed by atoms with van der Waals surface area (Å²) < 4.78 is 5.69. The van der Waals surface area contributed by atoms with Crippen molar-refractivity contribution in [3.8, 4) is 5.88 Å². The Hall–Kier alpha value is -1.32. The Kier molecular flexibility index (Phi) is 5.73. The fraction of sp³-hybridized carbons (Fsp3) is 0.692. The van der Waals surface area contributed by atoms with Gasteiger partial charge < -0.3 is 10.5 Å². The van der Waals surface area contributed by atoms with E-state index >= 15 is 0 Å². The van der Waals surface area contributed by atoms with Crippen LogP contribution in [0.1, 0.15) is 57.9 Å². The molecule has 2 N–H and O–H groups in total. The van der Waals surface area contributed by atoms with Gasteiger partial charge >= 0.3 is 0 Å². The lowest BCUT2D eigenvalue weighted by molar-refractivity contribution is 0.289. The molecule has 4 nitrogen and oxygen atoms in total. The lowest BCUT2D eigenvalue weighted by Gasteiger charge is -2.13. The molecule has 0 aliphatic heterocycles. The number of unbranched alkanes of at least 4 members (excludes halogenated alkanes) is 3. The smallest absolute Gasteiger partial charge is 0.222 e. The SMILES string of the molecule is CCCCCCOc1ncnc(N)c1C(C)C. The van der Waals surface area contributed by atoms with Crippen molar-refractivity contribution in [1.82, 2.24) is 9.97 Å². The molecule has 1 rings (SSSR count). The lowest BCUT2D eigenvalue weighted by atomic mass is 10.1. The molecular weight excluding hydrogens is 214 g/mol. The van der Waals surface area contributed by atoms with Crippen molar-refractivity contribution in [3.63, 3.8) is 0 Å². The van der Waals surface area contributed by atoms with Crippen LogP contribution in [-0.4, -0.2) is 16.6 Å². The van der Waals surface area contributed by atoms with Crippen LogP contribution in [0.5, 0.6) is 5.88 Å². The first-order valence-electron chi connectivity index (χ1n) is 6.40. The van der Waals surface area contributed by atoms with E-state index in [2.05, 4.69) is 30.7 Å². The summed E-state index contributed by atoms with van der Waals surface area (Å²) in [6.07, 6.45) is 6.22. The second-order valence-electron chi connectivity index (χ2n) is 4.54. The molecule has 0 aliphatic carbocycles. The van der Waals surface area contributed by atoms with Gasteiger partial charge in [-0.15, -0.1) is 0 Å². The third-order valence-electron chi connectivity index (χ3n) is 2.69. The Morgan fingerprint density at radius 1 is 1.24 bits per heavy atom. The van der Waals surface area contributed by atoms with E-state index in [1.807, 2.05) is 0 Å². The molecule has 0 fully saturated rings. The van der Waals surface area contributed by atoms with E-state index in [-0.39, 0.29) is 5.92 Å². The maximum absolute atomic E-state index is 5.84. The molecule has 0 saturated heterocycles. The molecule has 0 atom stereocenters. The van der Waals surface area contributed by atoms with Gasteiger partial charge in [0.25, 0.3) is 0 Å². The van der Waals surface area contributed by atoms with E-state index in [4.69, 9.17) is 10.5 Å². The first-order chi connectivity index (χ1) is 8.16. The zero-order valence-electron chi connectivity index (χ0n) is 11.1. The minimum atomic E-state index is 0.279. The van der Waals surface area contributed by atoms with E-state index in [0.717, 1.165) is 12.0 Å². The zero-order valence-corrected chi connectivity index (χ0v) is 11.1. The van der Waals surface area contributed by atoms with Crippen molar-refractivity contribution in [3.05, 3.63) is 11.9 Å². The molecule has 0 spiro atoms. The van der Waals surface area contributed by atoms with Gasteiger partial charge in [-0.05, 0) is 12.3 Å². The maximum atomic E-state index is 5.84. The van der Waals surface area contributed by atoms with Crippen LogP contribution in [0.4, 0.5) is 5.82 Å². The first kappa shape index (κ1) is 13.7. The van der Waals surface area contributed by atoms with Crippen LogP contribution in [0.25, 0.3) is 0 Å². The minimum Gasteiger partial charge on any atom is -0.477 e. The van der Waals surface area contributed by atoms with Gasteiger partial charge in [-0.2, -0.15) is 0 Å². The number of hydrogen-bond donors (Lipinski definition) is 1. The van der Waals surface area contributed by atoms with E-state index < -0.39 is 0 Å². The highest BCUT2D eigenvalue weighted by molar-refractivity contribution is 5.46. The van der Waals surface area contributed by atoms with Gasteiger partial charge in [-0.1, -0.05) is 40.0 Å². The Balaban J connectivity index is 2.55. The van der Waals surface area contributed by atoms with Crippen LogP contribution in [0.3, 0.4) is 0 Å². The van der Waals surface area contributed by atoms with E-state index in [1.54, 1.807) is 0 Å². The third-order valence-corrected chi connectivity index (χ3v) is 2.69. The fourth-order valence-corrected chi connectivity index (χ4v) is 1.75. The largest absolute Gasteiger partial charge is 0.477 e. The number of hydrogen-bond acceptors (Lipinski definition) is 4. The zero-order chi connectivity index (χ0) is 12.7. The summed E-state index contributed by atoms with van der Waals surface area (Å²) in [5, 5.41) is 0. The number of ether oxygens (including phenoxy) is 1. The second-order valence-corrected chi connectivity index (χ2v) is 4.54. The van der Waals surface area contributed by atoms with Crippen LogP contribution < -0.4 is 10.5 Å². The summed E-state index contributed by atoms with van der Waals surface area (Å²) in [5.41, 5.74) is 6.76. The molecular formula is C13H23N3O. The Morgan fingerprint density at radius 2 is 2.00 bits per heavy atom. The molecule has 0 aromatic carbocycles. The van der Waals surface area contributed by atoms with Crippen molar-refractivity contribution in [1.29, 1.82) is 0 Å². The molecule has 1 aromatic heterocycles. The molecule has 0 bridgehead atoms. The molecule has 1 aromatic rings.